The second-order valence-corrected chi connectivity index (χ2v) is 5.38. The van der Waals surface area contributed by atoms with Crippen molar-refractivity contribution >= 4 is 18.5 Å². The molecule has 1 fully saturated rings. The van der Waals surface area contributed by atoms with Crippen LogP contribution in [0.4, 0.5) is 9.18 Å². The van der Waals surface area contributed by atoms with Gasteiger partial charge in [0, 0.05) is 32.6 Å². The maximum absolute atomic E-state index is 12.8. The maximum Gasteiger partial charge on any atom is 0.409 e. The SMILES string of the molecule is Cl.O=C1OCCN1CCN1CC=C(Oc2ccc(F)cc2)CC1. The van der Waals surface area contributed by atoms with Crippen molar-refractivity contribution in [2.45, 2.75) is 6.42 Å². The average Bonchev–Trinajstić information content (AvgIpc) is 2.94. The topological polar surface area (TPSA) is 42.0 Å². The van der Waals surface area contributed by atoms with Crippen LogP contribution in [0.1, 0.15) is 6.42 Å². The molecule has 2 aliphatic rings. The van der Waals surface area contributed by atoms with E-state index in [9.17, 15) is 9.18 Å². The molecule has 0 aliphatic carbocycles. The van der Waals surface area contributed by atoms with Gasteiger partial charge in [0.2, 0.25) is 0 Å². The Hall–Kier alpha value is -1.79. The quantitative estimate of drug-likeness (QED) is 0.825. The number of amides is 1. The van der Waals surface area contributed by atoms with Gasteiger partial charge in [0.1, 0.15) is 23.9 Å². The van der Waals surface area contributed by atoms with Crippen molar-refractivity contribution in [2.75, 3.05) is 39.3 Å². The van der Waals surface area contributed by atoms with Gasteiger partial charge in [0.05, 0.1) is 6.54 Å². The van der Waals surface area contributed by atoms with Crippen LogP contribution >= 0.6 is 12.4 Å². The smallest absolute Gasteiger partial charge is 0.409 e. The number of halogens is 2. The van der Waals surface area contributed by atoms with Crippen LogP contribution in [0.25, 0.3) is 0 Å². The van der Waals surface area contributed by atoms with Crippen LogP contribution in [0, 0.1) is 5.82 Å². The van der Waals surface area contributed by atoms with Crippen molar-refractivity contribution in [3.63, 3.8) is 0 Å². The fourth-order valence-electron chi connectivity index (χ4n) is 2.53. The van der Waals surface area contributed by atoms with Crippen LogP contribution in [0.2, 0.25) is 0 Å². The van der Waals surface area contributed by atoms with Crippen LogP contribution in [0.3, 0.4) is 0 Å². The first-order valence-electron chi connectivity index (χ1n) is 7.47. The van der Waals surface area contributed by atoms with E-state index in [1.807, 2.05) is 6.08 Å². The first-order chi connectivity index (χ1) is 10.7. The Kier molecular flexibility index (Phi) is 6.24. The summed E-state index contributed by atoms with van der Waals surface area (Å²) in [4.78, 5) is 15.4. The van der Waals surface area contributed by atoms with Crippen molar-refractivity contribution in [2.24, 2.45) is 0 Å². The minimum absolute atomic E-state index is 0. The highest BCUT2D eigenvalue weighted by Gasteiger charge is 2.22. The zero-order valence-corrected chi connectivity index (χ0v) is 13.6. The zero-order chi connectivity index (χ0) is 15.4. The number of hydrogen-bond donors (Lipinski definition) is 0. The predicted octanol–water partition coefficient (Wildman–Crippen LogP) is 2.67. The van der Waals surface area contributed by atoms with E-state index in [-0.39, 0.29) is 24.3 Å². The molecule has 3 rings (SSSR count). The number of rotatable bonds is 5. The Morgan fingerprint density at radius 2 is 1.96 bits per heavy atom. The minimum Gasteiger partial charge on any atom is -0.462 e. The molecule has 1 amide bonds. The van der Waals surface area contributed by atoms with Gasteiger partial charge in [0.25, 0.3) is 0 Å². The third-order valence-electron chi connectivity index (χ3n) is 3.85. The molecular formula is C16H20ClFN2O3. The van der Waals surface area contributed by atoms with Gasteiger partial charge in [-0.25, -0.2) is 9.18 Å². The summed E-state index contributed by atoms with van der Waals surface area (Å²) in [5.74, 6) is 1.29. The third-order valence-corrected chi connectivity index (χ3v) is 3.85. The molecule has 5 nitrogen and oxygen atoms in total. The first-order valence-corrected chi connectivity index (χ1v) is 7.47. The number of nitrogens with zero attached hydrogens (tertiary/aromatic N) is 2. The number of hydrogen-bond acceptors (Lipinski definition) is 4. The molecule has 1 saturated heterocycles. The Bertz CT molecular complexity index is 565. The number of carbonyl (C=O) groups is 1. The third kappa shape index (κ3) is 4.84. The summed E-state index contributed by atoms with van der Waals surface area (Å²) in [5, 5.41) is 0. The molecule has 0 radical (unpaired) electrons. The van der Waals surface area contributed by atoms with Gasteiger partial charge in [-0.3, -0.25) is 4.90 Å². The molecule has 126 valence electrons. The van der Waals surface area contributed by atoms with Crippen molar-refractivity contribution in [1.29, 1.82) is 0 Å². The Labute approximate surface area is 141 Å². The van der Waals surface area contributed by atoms with E-state index in [1.165, 1.54) is 12.1 Å². The van der Waals surface area contributed by atoms with E-state index < -0.39 is 0 Å². The Morgan fingerprint density at radius 3 is 2.57 bits per heavy atom. The van der Waals surface area contributed by atoms with Crippen LogP contribution in [-0.2, 0) is 4.74 Å². The maximum atomic E-state index is 12.8. The summed E-state index contributed by atoms with van der Waals surface area (Å²) < 4.78 is 23.5. The van der Waals surface area contributed by atoms with Gasteiger partial charge < -0.3 is 14.4 Å². The highest BCUT2D eigenvalue weighted by Crippen LogP contribution is 2.19. The number of cyclic esters (lactones) is 1. The van der Waals surface area contributed by atoms with Crippen LogP contribution in [0.5, 0.6) is 5.75 Å². The standard InChI is InChI=1S/C16H19FN2O3.ClH/c17-13-1-3-14(4-2-13)22-15-5-7-18(8-6-15)9-10-19-11-12-21-16(19)20;/h1-5H,6-12H2;1H. The molecule has 2 heterocycles. The average molecular weight is 343 g/mol. The molecule has 1 aromatic rings. The lowest BCUT2D eigenvalue weighted by Gasteiger charge is -2.27. The summed E-state index contributed by atoms with van der Waals surface area (Å²) in [7, 11) is 0. The van der Waals surface area contributed by atoms with Crippen LogP contribution < -0.4 is 4.74 Å². The van der Waals surface area contributed by atoms with E-state index in [4.69, 9.17) is 9.47 Å². The summed E-state index contributed by atoms with van der Waals surface area (Å²) in [6.45, 7) is 4.38. The summed E-state index contributed by atoms with van der Waals surface area (Å²) >= 11 is 0. The van der Waals surface area contributed by atoms with E-state index >= 15 is 0 Å². The fourth-order valence-corrected chi connectivity index (χ4v) is 2.53. The minimum atomic E-state index is -0.267. The molecule has 2 aliphatic heterocycles. The molecular weight excluding hydrogens is 323 g/mol. The van der Waals surface area contributed by atoms with Crippen LogP contribution in [0.15, 0.2) is 36.1 Å². The number of benzene rings is 1. The van der Waals surface area contributed by atoms with Gasteiger partial charge in [-0.15, -0.1) is 12.4 Å². The van der Waals surface area contributed by atoms with Crippen LogP contribution in [-0.4, -0.2) is 55.2 Å². The van der Waals surface area contributed by atoms with Gasteiger partial charge in [-0.05, 0) is 30.3 Å². The van der Waals surface area contributed by atoms with Crippen molar-refractivity contribution in [1.82, 2.24) is 9.80 Å². The largest absolute Gasteiger partial charge is 0.462 e. The molecule has 7 heteroatoms. The van der Waals surface area contributed by atoms with Crippen molar-refractivity contribution in [3.8, 4) is 5.75 Å². The normalized spacial score (nSPS) is 18.2. The summed E-state index contributed by atoms with van der Waals surface area (Å²) in [6, 6.07) is 6.03. The zero-order valence-electron chi connectivity index (χ0n) is 12.7. The second kappa shape index (κ2) is 8.17. The molecule has 0 N–H and O–H groups in total. The van der Waals surface area contributed by atoms with Gasteiger partial charge in [-0.2, -0.15) is 0 Å². The van der Waals surface area contributed by atoms with E-state index in [1.54, 1.807) is 17.0 Å². The predicted molar refractivity (Wildman–Crippen MR) is 86.3 cm³/mol. The second-order valence-electron chi connectivity index (χ2n) is 5.38. The Balaban J connectivity index is 0.00000192. The molecule has 0 unspecified atom stereocenters. The highest BCUT2D eigenvalue weighted by atomic mass is 35.5. The van der Waals surface area contributed by atoms with E-state index in [2.05, 4.69) is 4.90 Å². The lowest BCUT2D eigenvalue weighted by atomic mass is 10.2. The summed E-state index contributed by atoms with van der Waals surface area (Å²) in [5.41, 5.74) is 0. The lowest BCUT2D eigenvalue weighted by Crippen LogP contribution is -2.38. The van der Waals surface area contributed by atoms with E-state index in [0.717, 1.165) is 31.8 Å². The molecule has 0 aromatic heterocycles. The first kappa shape index (κ1) is 17.6. The molecule has 0 saturated carbocycles. The van der Waals surface area contributed by atoms with E-state index in [0.29, 0.717) is 25.4 Å². The lowest BCUT2D eigenvalue weighted by molar-refractivity contribution is 0.153. The van der Waals surface area contributed by atoms with Gasteiger partial charge in [0.15, 0.2) is 0 Å². The molecule has 1 aromatic carbocycles. The van der Waals surface area contributed by atoms with Gasteiger partial charge in [-0.1, -0.05) is 0 Å². The van der Waals surface area contributed by atoms with Crippen molar-refractivity contribution in [3.05, 3.63) is 41.9 Å². The number of ether oxygens (including phenoxy) is 2. The Morgan fingerprint density at radius 1 is 1.17 bits per heavy atom. The molecule has 0 spiro atoms. The molecule has 0 atom stereocenters. The highest BCUT2D eigenvalue weighted by molar-refractivity contribution is 5.85. The summed E-state index contributed by atoms with van der Waals surface area (Å²) in [6.07, 6.45) is 2.63. The number of carbonyl (C=O) groups excluding carboxylic acids is 1. The molecule has 0 bridgehead atoms. The molecule has 23 heavy (non-hydrogen) atoms. The van der Waals surface area contributed by atoms with Crippen molar-refractivity contribution < 1.29 is 18.7 Å². The monoisotopic (exact) mass is 342 g/mol. The van der Waals surface area contributed by atoms with Gasteiger partial charge >= 0.3 is 6.09 Å². The fraction of sp³-hybridized carbons (Fsp3) is 0.438.